The van der Waals surface area contributed by atoms with Gasteiger partial charge < -0.3 is 15.7 Å². The first-order chi connectivity index (χ1) is 9.39. The van der Waals surface area contributed by atoms with Gasteiger partial charge in [-0.25, -0.2) is 8.78 Å². The maximum absolute atomic E-state index is 13.0. The van der Waals surface area contributed by atoms with E-state index in [4.69, 9.17) is 5.73 Å². The average Bonchev–Trinajstić information content (AvgIpc) is 2.79. The van der Waals surface area contributed by atoms with Gasteiger partial charge in [-0.05, 0) is 17.7 Å². The molecule has 0 spiro atoms. The van der Waals surface area contributed by atoms with Crippen molar-refractivity contribution < 1.29 is 18.7 Å². The minimum atomic E-state index is -2.84. The van der Waals surface area contributed by atoms with Crippen LogP contribution in [0, 0.1) is 0 Å². The maximum Gasteiger partial charge on any atom is 0.267 e. The van der Waals surface area contributed by atoms with E-state index in [0.717, 1.165) is 16.7 Å². The number of hydrogen-bond donors (Lipinski definition) is 2. The van der Waals surface area contributed by atoms with E-state index in [2.05, 4.69) is 4.98 Å². The zero-order valence-corrected chi connectivity index (χ0v) is 11.4. The second-order valence-corrected chi connectivity index (χ2v) is 5.78. The molecule has 8 heteroatoms. The maximum atomic E-state index is 13.0. The lowest BCUT2D eigenvalue weighted by molar-refractivity contribution is -0.131. The zero-order valence-electron chi connectivity index (χ0n) is 10.6. The molecule has 2 heterocycles. The Bertz CT molecular complexity index is 475. The van der Waals surface area contributed by atoms with Crippen molar-refractivity contribution >= 4 is 17.7 Å². The van der Waals surface area contributed by atoms with Gasteiger partial charge in [-0.2, -0.15) is 0 Å². The predicted molar refractivity (Wildman–Crippen MR) is 70.9 cm³/mol. The molecule has 20 heavy (non-hydrogen) atoms. The van der Waals surface area contributed by atoms with Crippen molar-refractivity contribution in [1.29, 1.82) is 0 Å². The Kier molecular flexibility index (Phi) is 4.56. The Morgan fingerprint density at radius 2 is 2.15 bits per heavy atom. The molecule has 2 rings (SSSR count). The number of carbonyl (C=O) groups is 1. The molecular weight excluding hydrogens is 288 g/mol. The van der Waals surface area contributed by atoms with Crippen LogP contribution in [0.4, 0.5) is 8.78 Å². The van der Waals surface area contributed by atoms with Gasteiger partial charge in [0.1, 0.15) is 10.8 Å². The molecule has 0 bridgehead atoms. The van der Waals surface area contributed by atoms with Gasteiger partial charge in [0.25, 0.3) is 5.92 Å². The molecule has 1 amide bonds. The summed E-state index contributed by atoms with van der Waals surface area (Å²) in [5.74, 6) is -3.43. The summed E-state index contributed by atoms with van der Waals surface area (Å²) in [5.41, 5.74) is 5.23. The lowest BCUT2D eigenvalue weighted by Gasteiger charge is -2.22. The van der Waals surface area contributed by atoms with Crippen molar-refractivity contribution in [2.45, 2.75) is 23.2 Å². The predicted octanol–water partition coefficient (Wildman–Crippen LogP) is 0.958. The fraction of sp³-hybridized carbons (Fsp3) is 0.500. The Morgan fingerprint density at radius 3 is 2.70 bits per heavy atom. The second-order valence-electron chi connectivity index (χ2n) is 4.56. The number of aromatic nitrogens is 1. The van der Waals surface area contributed by atoms with Gasteiger partial charge in [0.15, 0.2) is 0 Å². The smallest absolute Gasteiger partial charge is 0.267 e. The van der Waals surface area contributed by atoms with Crippen LogP contribution in [0.5, 0.6) is 0 Å². The SMILES string of the molecule is N[C@@H](S[C@H](O)c1ccncc1)C(=O)N1CCC(F)(F)C1. The standard InChI is InChI=1S/C12H15F2N3O2S/c13-12(14)3-6-17(7-12)10(18)9(15)20-11(19)8-1-4-16-5-2-8/h1-2,4-5,9,11,19H,3,6-7,15H2/t9-,11-/m0/s1. The van der Waals surface area contributed by atoms with Gasteiger partial charge in [0, 0.05) is 25.4 Å². The molecule has 2 atom stereocenters. The molecule has 0 unspecified atom stereocenters. The third-order valence-electron chi connectivity index (χ3n) is 2.99. The third-order valence-corrected chi connectivity index (χ3v) is 4.02. The monoisotopic (exact) mass is 303 g/mol. The number of hydrogen-bond acceptors (Lipinski definition) is 5. The molecule has 3 N–H and O–H groups in total. The minimum Gasteiger partial charge on any atom is -0.378 e. The average molecular weight is 303 g/mol. The van der Waals surface area contributed by atoms with Crippen molar-refractivity contribution in [3.05, 3.63) is 30.1 Å². The van der Waals surface area contributed by atoms with Gasteiger partial charge in [0.05, 0.1) is 6.54 Å². The normalized spacial score (nSPS) is 20.7. The number of nitrogens with zero attached hydrogens (tertiary/aromatic N) is 2. The number of likely N-dealkylation sites (tertiary alicyclic amines) is 1. The summed E-state index contributed by atoms with van der Waals surface area (Å²) in [6, 6.07) is 3.19. The van der Waals surface area contributed by atoms with E-state index in [0.29, 0.717) is 5.56 Å². The van der Waals surface area contributed by atoms with Crippen molar-refractivity contribution in [3.63, 3.8) is 0 Å². The highest BCUT2D eigenvalue weighted by atomic mass is 32.2. The van der Waals surface area contributed by atoms with E-state index in [1.165, 1.54) is 12.4 Å². The first-order valence-electron chi connectivity index (χ1n) is 6.05. The van der Waals surface area contributed by atoms with E-state index in [9.17, 15) is 18.7 Å². The van der Waals surface area contributed by atoms with Crippen LogP contribution in [0.2, 0.25) is 0 Å². The summed E-state index contributed by atoms with van der Waals surface area (Å²) in [4.78, 5) is 16.8. The molecular formula is C12H15F2N3O2S. The first kappa shape index (κ1) is 15.1. The lowest BCUT2D eigenvalue weighted by Crippen LogP contribution is -2.42. The molecule has 1 aliphatic rings. The van der Waals surface area contributed by atoms with E-state index in [-0.39, 0.29) is 13.0 Å². The van der Waals surface area contributed by atoms with Crippen LogP contribution < -0.4 is 5.73 Å². The molecule has 0 aliphatic carbocycles. The topological polar surface area (TPSA) is 79.5 Å². The van der Waals surface area contributed by atoms with Crippen LogP contribution in [-0.4, -0.2) is 45.3 Å². The van der Waals surface area contributed by atoms with Gasteiger partial charge >= 0.3 is 0 Å². The Hall–Kier alpha value is -1.25. The molecule has 1 aromatic heterocycles. The summed E-state index contributed by atoms with van der Waals surface area (Å²) in [7, 11) is 0. The van der Waals surface area contributed by atoms with E-state index < -0.39 is 29.2 Å². The summed E-state index contributed by atoms with van der Waals surface area (Å²) in [6.07, 6.45) is 2.67. The van der Waals surface area contributed by atoms with Crippen molar-refractivity contribution in [2.24, 2.45) is 5.73 Å². The fourth-order valence-corrected chi connectivity index (χ4v) is 2.77. The van der Waals surface area contributed by atoms with E-state index >= 15 is 0 Å². The summed E-state index contributed by atoms with van der Waals surface area (Å²) in [6.45, 7) is -0.614. The number of alkyl halides is 2. The highest BCUT2D eigenvalue weighted by Crippen LogP contribution is 2.31. The van der Waals surface area contributed by atoms with Crippen LogP contribution in [-0.2, 0) is 4.79 Å². The molecule has 1 saturated heterocycles. The molecule has 1 fully saturated rings. The fourth-order valence-electron chi connectivity index (χ4n) is 1.91. The number of rotatable bonds is 4. The number of carbonyl (C=O) groups excluding carboxylic acids is 1. The van der Waals surface area contributed by atoms with Crippen LogP contribution in [0.25, 0.3) is 0 Å². The number of aliphatic hydroxyl groups is 1. The van der Waals surface area contributed by atoms with Gasteiger partial charge in [-0.3, -0.25) is 9.78 Å². The van der Waals surface area contributed by atoms with Crippen molar-refractivity contribution in [1.82, 2.24) is 9.88 Å². The van der Waals surface area contributed by atoms with Crippen LogP contribution in [0.15, 0.2) is 24.5 Å². The lowest BCUT2D eigenvalue weighted by atomic mass is 10.3. The summed E-state index contributed by atoms with van der Waals surface area (Å²) < 4.78 is 26.1. The Morgan fingerprint density at radius 1 is 1.50 bits per heavy atom. The van der Waals surface area contributed by atoms with Crippen molar-refractivity contribution in [3.8, 4) is 0 Å². The Balaban J connectivity index is 1.92. The molecule has 110 valence electrons. The number of halogens is 2. The molecule has 1 aliphatic heterocycles. The summed E-state index contributed by atoms with van der Waals surface area (Å²) in [5, 5.41) is 8.84. The van der Waals surface area contributed by atoms with Gasteiger partial charge in [0.2, 0.25) is 5.91 Å². The first-order valence-corrected chi connectivity index (χ1v) is 6.99. The summed E-state index contributed by atoms with van der Waals surface area (Å²) >= 11 is 0.817. The highest BCUT2D eigenvalue weighted by molar-refractivity contribution is 8.00. The zero-order chi connectivity index (χ0) is 14.8. The molecule has 0 radical (unpaired) electrons. The van der Waals surface area contributed by atoms with E-state index in [1.807, 2.05) is 0 Å². The molecule has 5 nitrogen and oxygen atoms in total. The second kappa shape index (κ2) is 6.02. The minimum absolute atomic E-state index is 0.00849. The van der Waals surface area contributed by atoms with Gasteiger partial charge in [-0.1, -0.05) is 11.8 Å². The molecule has 0 aromatic carbocycles. The molecule has 1 aromatic rings. The quantitative estimate of drug-likeness (QED) is 0.810. The number of amides is 1. The third kappa shape index (κ3) is 3.65. The van der Waals surface area contributed by atoms with Gasteiger partial charge in [-0.15, -0.1) is 0 Å². The van der Waals surface area contributed by atoms with Crippen LogP contribution in [0.1, 0.15) is 17.4 Å². The highest BCUT2D eigenvalue weighted by Gasteiger charge is 2.41. The van der Waals surface area contributed by atoms with Crippen LogP contribution in [0.3, 0.4) is 0 Å². The van der Waals surface area contributed by atoms with E-state index in [1.54, 1.807) is 12.1 Å². The van der Waals surface area contributed by atoms with Crippen molar-refractivity contribution in [2.75, 3.05) is 13.1 Å². The number of aliphatic hydroxyl groups excluding tert-OH is 1. The Labute approximate surface area is 119 Å². The largest absolute Gasteiger partial charge is 0.378 e. The number of thioether (sulfide) groups is 1. The number of nitrogens with two attached hydrogens (primary N) is 1. The number of pyridine rings is 1. The van der Waals surface area contributed by atoms with Crippen LogP contribution >= 0.6 is 11.8 Å². The molecule has 0 saturated carbocycles.